The average Bonchev–Trinajstić information content (AvgIpc) is 2.90. The minimum Gasteiger partial charge on any atom is -0.481 e. The third kappa shape index (κ3) is 5.15. The highest BCUT2D eigenvalue weighted by Crippen LogP contribution is 2.39. The van der Waals surface area contributed by atoms with Crippen LogP contribution in [0.25, 0.3) is 0 Å². The molecule has 0 aliphatic heterocycles. The summed E-state index contributed by atoms with van der Waals surface area (Å²) in [5, 5.41) is 3.79. The third-order valence-electron chi connectivity index (χ3n) is 4.64. The van der Waals surface area contributed by atoms with Crippen molar-refractivity contribution in [2.24, 2.45) is 0 Å². The van der Waals surface area contributed by atoms with Crippen molar-refractivity contribution in [1.29, 1.82) is 0 Å². The molecule has 1 atom stereocenters. The fraction of sp³-hybridized carbons (Fsp3) is 0.833. The second-order valence-electron chi connectivity index (χ2n) is 6.69. The van der Waals surface area contributed by atoms with Crippen molar-refractivity contribution in [3.05, 3.63) is 11.5 Å². The van der Waals surface area contributed by atoms with Crippen molar-refractivity contribution in [3.8, 4) is 5.88 Å². The number of unbranched alkanes of at least 4 members (excludes halogenated alkanes) is 5. The van der Waals surface area contributed by atoms with Crippen LogP contribution < -0.4 is 4.74 Å². The van der Waals surface area contributed by atoms with Crippen molar-refractivity contribution in [3.63, 3.8) is 0 Å². The van der Waals surface area contributed by atoms with Gasteiger partial charge in [0.1, 0.15) is 5.56 Å². The van der Waals surface area contributed by atoms with Crippen LogP contribution in [-0.4, -0.2) is 16.9 Å². The first-order valence-electron chi connectivity index (χ1n) is 9.02. The Balaban J connectivity index is 3.04. The Morgan fingerprint density at radius 3 is 2.17 bits per heavy atom. The van der Waals surface area contributed by atoms with E-state index in [2.05, 4.69) is 18.9 Å². The number of rotatable bonds is 12. The number of hydrogen-bond acceptors (Lipinski definition) is 2. The molecule has 0 aliphatic rings. The summed E-state index contributed by atoms with van der Waals surface area (Å²) in [6.07, 6.45) is 6.09. The van der Waals surface area contributed by atoms with Gasteiger partial charge in [-0.15, -0.1) is 5.10 Å². The minimum absolute atomic E-state index is 0.144. The summed E-state index contributed by atoms with van der Waals surface area (Å²) in [4.78, 5) is 0. The van der Waals surface area contributed by atoms with Gasteiger partial charge in [0.2, 0.25) is 11.8 Å². The molecule has 1 rings (SSSR count). The van der Waals surface area contributed by atoms with Gasteiger partial charge in [0.25, 0.3) is 6.43 Å². The van der Waals surface area contributed by atoms with Gasteiger partial charge < -0.3 is 4.74 Å². The Morgan fingerprint density at radius 2 is 1.62 bits per heavy atom. The second kappa shape index (κ2) is 9.94. The molecule has 0 N–H and O–H groups in total. The number of nitrogens with zero attached hydrogens (tertiary/aromatic N) is 2. The molecule has 0 fully saturated rings. The van der Waals surface area contributed by atoms with Crippen molar-refractivity contribution < 1.29 is 17.9 Å². The summed E-state index contributed by atoms with van der Waals surface area (Å²) in [5.41, 5.74) is -1.24. The van der Waals surface area contributed by atoms with Crippen LogP contribution in [-0.2, 0) is 5.54 Å². The molecule has 0 saturated heterocycles. The van der Waals surface area contributed by atoms with Gasteiger partial charge in [0.05, 0.1) is 12.6 Å². The fourth-order valence-electron chi connectivity index (χ4n) is 3.14. The molecule has 1 aromatic rings. The van der Waals surface area contributed by atoms with Crippen molar-refractivity contribution in [1.82, 2.24) is 9.78 Å². The number of hydrogen-bond donors (Lipinski definition) is 0. The van der Waals surface area contributed by atoms with E-state index in [4.69, 9.17) is 4.74 Å². The first-order chi connectivity index (χ1) is 11.4. The monoisotopic (exact) mass is 348 g/mol. The highest BCUT2D eigenvalue weighted by Gasteiger charge is 2.35. The summed E-state index contributed by atoms with van der Waals surface area (Å²) >= 11 is 0. The van der Waals surface area contributed by atoms with Gasteiger partial charge in [-0.25, -0.2) is 13.5 Å². The van der Waals surface area contributed by atoms with E-state index in [1.54, 1.807) is 0 Å². The summed E-state index contributed by atoms with van der Waals surface area (Å²) < 4.78 is 46.7. The predicted molar refractivity (Wildman–Crippen MR) is 90.2 cm³/mol. The van der Waals surface area contributed by atoms with Gasteiger partial charge in [-0.2, -0.15) is 4.39 Å². The quantitative estimate of drug-likeness (QED) is 0.418. The smallest absolute Gasteiger partial charge is 0.273 e. The third-order valence-corrected chi connectivity index (χ3v) is 4.64. The molecular weight excluding hydrogens is 317 g/mol. The van der Waals surface area contributed by atoms with Crippen molar-refractivity contribution in [2.45, 2.75) is 90.5 Å². The summed E-state index contributed by atoms with van der Waals surface area (Å²) in [6, 6.07) is 0. The number of ether oxygens (including phenoxy) is 1. The molecular formula is C18H31F3N2O. The van der Waals surface area contributed by atoms with Crippen LogP contribution in [0.2, 0.25) is 0 Å². The zero-order chi connectivity index (χ0) is 18.2. The average molecular weight is 348 g/mol. The molecule has 1 aromatic heterocycles. The molecule has 0 spiro atoms. The first kappa shape index (κ1) is 20.8. The molecule has 0 amide bonds. The highest BCUT2D eigenvalue weighted by molar-refractivity contribution is 5.28. The van der Waals surface area contributed by atoms with E-state index >= 15 is 0 Å². The van der Waals surface area contributed by atoms with E-state index in [1.165, 1.54) is 24.6 Å². The van der Waals surface area contributed by atoms with Gasteiger partial charge in [0.15, 0.2) is 0 Å². The Hall–Kier alpha value is -1.20. The molecule has 0 aromatic carbocycles. The highest BCUT2D eigenvalue weighted by atomic mass is 19.3. The van der Waals surface area contributed by atoms with Gasteiger partial charge in [0, 0.05) is 0 Å². The Morgan fingerprint density at radius 1 is 1.04 bits per heavy atom. The van der Waals surface area contributed by atoms with E-state index in [9.17, 15) is 13.2 Å². The SMILES string of the molecule is CCCCCCCC(C)(CCCC)n1nc(F)c(C(F)F)c1OC. The molecule has 24 heavy (non-hydrogen) atoms. The van der Waals surface area contributed by atoms with Crippen LogP contribution >= 0.6 is 0 Å². The summed E-state index contributed by atoms with van der Waals surface area (Å²) in [5.74, 6) is -1.27. The van der Waals surface area contributed by atoms with Gasteiger partial charge in [-0.1, -0.05) is 58.8 Å². The van der Waals surface area contributed by atoms with E-state index in [0.29, 0.717) is 0 Å². The largest absolute Gasteiger partial charge is 0.481 e. The zero-order valence-corrected chi connectivity index (χ0v) is 15.4. The van der Waals surface area contributed by atoms with Crippen LogP contribution in [0.15, 0.2) is 0 Å². The molecule has 1 unspecified atom stereocenters. The normalized spacial score (nSPS) is 14.2. The lowest BCUT2D eigenvalue weighted by Crippen LogP contribution is -2.32. The molecule has 0 bridgehead atoms. The number of methoxy groups -OCH3 is 1. The molecule has 3 nitrogen and oxygen atoms in total. The Bertz CT molecular complexity index is 491. The van der Waals surface area contributed by atoms with Crippen molar-refractivity contribution in [2.75, 3.05) is 7.11 Å². The summed E-state index contributed by atoms with van der Waals surface area (Å²) in [7, 11) is 1.29. The van der Waals surface area contributed by atoms with Crippen molar-refractivity contribution >= 4 is 0 Å². The van der Waals surface area contributed by atoms with Crippen LogP contribution in [0.4, 0.5) is 13.2 Å². The Kier molecular flexibility index (Phi) is 8.63. The van der Waals surface area contributed by atoms with Crippen LogP contribution in [0, 0.1) is 5.95 Å². The number of halogens is 3. The minimum atomic E-state index is -2.94. The van der Waals surface area contributed by atoms with E-state index in [1.807, 2.05) is 6.92 Å². The lowest BCUT2D eigenvalue weighted by Gasteiger charge is -2.31. The maximum atomic E-state index is 14.0. The van der Waals surface area contributed by atoms with E-state index in [-0.39, 0.29) is 5.88 Å². The maximum absolute atomic E-state index is 14.0. The first-order valence-corrected chi connectivity index (χ1v) is 9.02. The number of alkyl halides is 2. The Labute approximate surface area is 143 Å². The molecule has 6 heteroatoms. The van der Waals surface area contributed by atoms with Crippen LogP contribution in [0.5, 0.6) is 5.88 Å². The fourth-order valence-corrected chi connectivity index (χ4v) is 3.14. The van der Waals surface area contributed by atoms with Gasteiger partial charge >= 0.3 is 0 Å². The maximum Gasteiger partial charge on any atom is 0.273 e. The predicted octanol–water partition coefficient (Wildman–Crippen LogP) is 6.23. The van der Waals surface area contributed by atoms with Gasteiger partial charge in [-0.05, 0) is 19.8 Å². The van der Waals surface area contributed by atoms with E-state index < -0.39 is 23.5 Å². The van der Waals surface area contributed by atoms with Gasteiger partial charge in [-0.3, -0.25) is 0 Å². The molecule has 0 aliphatic carbocycles. The molecule has 140 valence electrons. The number of aromatic nitrogens is 2. The lowest BCUT2D eigenvalue weighted by atomic mass is 9.88. The second-order valence-corrected chi connectivity index (χ2v) is 6.69. The molecule has 1 heterocycles. The molecule has 0 radical (unpaired) electrons. The topological polar surface area (TPSA) is 27.1 Å². The molecule has 0 saturated carbocycles. The standard InChI is InChI=1S/C18H31F3N2O/c1-5-7-9-10-11-13-18(3,12-8-6-2)23-17(24-4)14(15(19)20)16(21)22-23/h15H,5-13H2,1-4H3. The van der Waals surface area contributed by atoms with Crippen LogP contribution in [0.3, 0.4) is 0 Å². The van der Waals surface area contributed by atoms with E-state index in [0.717, 1.165) is 44.9 Å². The zero-order valence-electron chi connectivity index (χ0n) is 15.4. The summed E-state index contributed by atoms with van der Waals surface area (Å²) in [6.45, 7) is 6.20. The lowest BCUT2D eigenvalue weighted by molar-refractivity contribution is 0.139. The van der Waals surface area contributed by atoms with Crippen LogP contribution in [0.1, 0.15) is 90.5 Å².